The summed E-state index contributed by atoms with van der Waals surface area (Å²) in [6.45, 7) is 1.73. The summed E-state index contributed by atoms with van der Waals surface area (Å²) in [5.41, 5.74) is 0.310. The third-order valence-electron chi connectivity index (χ3n) is 14.2. The first-order chi connectivity index (χ1) is 37.6. The van der Waals surface area contributed by atoms with E-state index in [4.69, 9.17) is 9.90 Å². The fourth-order valence-electron chi connectivity index (χ4n) is 9.59. The van der Waals surface area contributed by atoms with Gasteiger partial charge in [-0.15, -0.1) is 0 Å². The number of aliphatic carboxylic acids is 1. The van der Waals surface area contributed by atoms with Crippen molar-refractivity contribution in [3.05, 3.63) is 107 Å². The molecule has 7 amide bonds. The number of carbonyl (C=O) groups excluding carboxylic acids is 6. The predicted octanol–water partition coefficient (Wildman–Crippen LogP) is 8.45. The Morgan fingerprint density at radius 1 is 0.709 bits per heavy atom. The van der Waals surface area contributed by atoms with Gasteiger partial charge in [0.2, 0.25) is 23.6 Å². The van der Waals surface area contributed by atoms with Crippen LogP contribution in [0.1, 0.15) is 136 Å². The third-order valence-corrected chi connectivity index (χ3v) is 14.2. The van der Waals surface area contributed by atoms with Crippen LogP contribution in [0.2, 0.25) is 0 Å². The minimum absolute atomic E-state index is 0.0466. The molecule has 79 heavy (non-hydrogen) atoms. The molecule has 24 heteroatoms. The topological polar surface area (TPSA) is 244 Å². The van der Waals surface area contributed by atoms with Gasteiger partial charge < -0.3 is 36.0 Å². The lowest BCUT2D eigenvalue weighted by Crippen LogP contribution is -2.52. The molecular weight excluding hydrogens is 1040 g/mol. The average molecular weight is 1110 g/mol. The number of carboxylic acids is 1. The molecule has 4 heterocycles. The molecule has 1 atom stereocenters. The maximum absolute atomic E-state index is 13.5. The number of amides is 7. The first-order valence-corrected chi connectivity index (χ1v) is 26.5. The van der Waals surface area contributed by atoms with Crippen molar-refractivity contribution in [2.24, 2.45) is 0 Å². The summed E-state index contributed by atoms with van der Waals surface area (Å²) in [5.74, 6) is -3.14. The zero-order valence-electron chi connectivity index (χ0n) is 43.6. The van der Waals surface area contributed by atoms with Gasteiger partial charge in [0.25, 0.3) is 5.91 Å². The Hall–Kier alpha value is -7.50. The largest absolute Gasteiger partial charge is 0.490 e. The second-order valence-electron chi connectivity index (χ2n) is 20.0. The zero-order chi connectivity index (χ0) is 57.2. The highest BCUT2D eigenvalue weighted by Crippen LogP contribution is 2.33. The molecule has 1 aromatic heterocycles. The first-order valence-electron chi connectivity index (χ1n) is 26.5. The lowest BCUT2D eigenvalue weighted by Gasteiger charge is -2.38. The van der Waals surface area contributed by atoms with E-state index in [1.807, 2.05) is 17.0 Å². The fraction of sp³-hybridized carbons (Fsp3) is 0.491. The van der Waals surface area contributed by atoms with Crippen molar-refractivity contribution in [3.63, 3.8) is 0 Å². The van der Waals surface area contributed by atoms with Gasteiger partial charge in [0.15, 0.2) is 5.69 Å². The number of carbonyl (C=O) groups is 7. The summed E-state index contributed by atoms with van der Waals surface area (Å²) < 4.78 is 73.5. The summed E-state index contributed by atoms with van der Waals surface area (Å²) in [5, 5.41) is 36.2. The molecule has 7 rings (SSSR count). The molecule has 1 unspecified atom stereocenters. The quantitative estimate of drug-likeness (QED) is 0.0237. The van der Waals surface area contributed by atoms with Crippen molar-refractivity contribution in [1.82, 2.24) is 35.5 Å². The second-order valence-corrected chi connectivity index (χ2v) is 20.0. The number of halogens is 6. The molecule has 0 radical (unpaired) electrons. The molecule has 3 aliphatic heterocycles. The van der Waals surface area contributed by atoms with Crippen molar-refractivity contribution in [2.75, 3.05) is 43.4 Å². The van der Waals surface area contributed by atoms with Crippen LogP contribution >= 0.6 is 0 Å². The molecule has 3 saturated heterocycles. The Morgan fingerprint density at radius 3 is 1.84 bits per heavy atom. The molecule has 3 aliphatic rings. The monoisotopic (exact) mass is 1110 g/mol. The van der Waals surface area contributed by atoms with Gasteiger partial charge in [0.1, 0.15) is 11.9 Å². The first kappa shape index (κ1) is 60.7. The van der Waals surface area contributed by atoms with E-state index >= 15 is 0 Å². The molecule has 428 valence electrons. The van der Waals surface area contributed by atoms with Crippen molar-refractivity contribution in [2.45, 2.75) is 139 Å². The number of rotatable bonds is 21. The highest BCUT2D eigenvalue weighted by atomic mass is 19.4. The van der Waals surface area contributed by atoms with E-state index in [0.717, 1.165) is 89.1 Å². The number of imide groups is 1. The maximum Gasteiger partial charge on any atom is 0.490 e. The number of alkyl halides is 6. The van der Waals surface area contributed by atoms with Crippen LogP contribution in [0.15, 0.2) is 84.9 Å². The van der Waals surface area contributed by atoms with E-state index in [1.165, 1.54) is 34.5 Å². The molecule has 18 nitrogen and oxygen atoms in total. The lowest BCUT2D eigenvalue weighted by molar-refractivity contribution is -0.192. The van der Waals surface area contributed by atoms with Crippen molar-refractivity contribution < 1.29 is 70.1 Å². The number of hydrogen-bond acceptors (Lipinski definition) is 10. The zero-order valence-corrected chi connectivity index (χ0v) is 43.6. The molecule has 0 aliphatic carbocycles. The Bertz CT molecular complexity index is 2710. The summed E-state index contributed by atoms with van der Waals surface area (Å²) >= 11 is 0. The number of nitrogens with zero attached hydrogens (tertiary/aromatic N) is 4. The van der Waals surface area contributed by atoms with Crippen LogP contribution in [-0.4, -0.2) is 122 Å². The van der Waals surface area contributed by atoms with Crippen molar-refractivity contribution in [1.29, 1.82) is 0 Å². The number of aliphatic hydroxyl groups is 1. The standard InChI is InChI=1S/C53H66F3N9O7.C2HF3O2/c54-53(55,56)42-17-13-12-14-39(42)35-57-51(71)60-45-34-44(62-65(45)41-15-8-7-9-16-41)49(69)58-36-52(72)28-32-64(33-29-52)48(68)19-11-6-4-2-1-3-5-10-18-47(67)63-30-26-38(27-31-63)37-20-22-40(23-21-37)59-43-24-25-46(66)61-50(43)70;3-2(4,5)1(6)7/h7-9,12-17,20-23,34,38,43,59,72H,1-6,10-11,18-19,24-33,35-36H2,(H,58,69)(H2,57,60,71)(H,61,66,70);(H,6,7). The summed E-state index contributed by atoms with van der Waals surface area (Å²) in [7, 11) is 0. The fourth-order valence-corrected chi connectivity index (χ4v) is 9.59. The third kappa shape index (κ3) is 18.8. The summed E-state index contributed by atoms with van der Waals surface area (Å²) in [6, 6.07) is 21.8. The highest BCUT2D eigenvalue weighted by molar-refractivity contribution is 6.01. The number of urea groups is 1. The van der Waals surface area contributed by atoms with Gasteiger partial charge in [-0.3, -0.25) is 34.6 Å². The number of unbranched alkanes of at least 4 members (excludes halogenated alkanes) is 7. The molecule has 3 aromatic carbocycles. The van der Waals surface area contributed by atoms with Crippen LogP contribution < -0.4 is 26.6 Å². The normalized spacial score (nSPS) is 16.7. The van der Waals surface area contributed by atoms with Gasteiger partial charge in [-0.25, -0.2) is 14.3 Å². The minimum atomic E-state index is -5.08. The van der Waals surface area contributed by atoms with Crippen LogP contribution in [0.25, 0.3) is 5.69 Å². The predicted molar refractivity (Wildman–Crippen MR) is 279 cm³/mol. The van der Waals surface area contributed by atoms with E-state index < -0.39 is 54.0 Å². The number of anilines is 2. The van der Waals surface area contributed by atoms with Gasteiger partial charge in [-0.2, -0.15) is 31.4 Å². The van der Waals surface area contributed by atoms with E-state index in [2.05, 4.69) is 43.8 Å². The number of aromatic nitrogens is 2. The van der Waals surface area contributed by atoms with E-state index in [-0.39, 0.29) is 60.1 Å². The lowest BCUT2D eigenvalue weighted by atomic mass is 9.89. The molecule has 0 bridgehead atoms. The average Bonchev–Trinajstić information content (AvgIpc) is 3.89. The van der Waals surface area contributed by atoms with E-state index in [0.29, 0.717) is 50.4 Å². The number of nitrogens with one attached hydrogen (secondary N) is 5. The SMILES string of the molecule is O=C(O)C(F)(F)F.O=C1CCC(Nc2ccc(C3CCN(C(=O)CCCCCCCCCCC(=O)N4CCC(O)(CNC(=O)c5cc(NC(=O)NCc6ccccc6C(F)(F)F)n(-c6ccccc6)n5)CC4)CC3)cc2)C(=O)N1. The van der Waals surface area contributed by atoms with Crippen LogP contribution in [0.4, 0.5) is 42.6 Å². The molecular formula is C55H67F6N9O9. The number of piperidine rings is 3. The van der Waals surface area contributed by atoms with Crippen molar-refractivity contribution >= 4 is 53.0 Å². The molecule has 4 aromatic rings. The number of benzene rings is 3. The maximum atomic E-state index is 13.5. The Kier molecular flexibility index (Phi) is 21.8. The van der Waals surface area contributed by atoms with Gasteiger partial charge in [0, 0.05) is 70.3 Å². The molecule has 0 spiro atoms. The number of hydrogen-bond donors (Lipinski definition) is 7. The Balaban J connectivity index is 0.00000135. The molecule has 3 fully saturated rings. The smallest absolute Gasteiger partial charge is 0.475 e. The van der Waals surface area contributed by atoms with Gasteiger partial charge in [-0.1, -0.05) is 87.1 Å². The number of likely N-dealkylation sites (tertiary alicyclic amines) is 2. The van der Waals surface area contributed by atoms with Gasteiger partial charge in [-0.05, 0) is 92.3 Å². The van der Waals surface area contributed by atoms with Crippen LogP contribution in [0.3, 0.4) is 0 Å². The van der Waals surface area contributed by atoms with Crippen LogP contribution in [0, 0.1) is 0 Å². The summed E-state index contributed by atoms with van der Waals surface area (Å²) in [4.78, 5) is 88.4. The van der Waals surface area contributed by atoms with E-state index in [1.54, 1.807) is 35.2 Å². The van der Waals surface area contributed by atoms with Gasteiger partial charge >= 0.3 is 24.4 Å². The summed E-state index contributed by atoms with van der Waals surface area (Å²) in [6.07, 6.45) is 2.44. The van der Waals surface area contributed by atoms with Crippen LogP contribution in [-0.2, 0) is 36.7 Å². The van der Waals surface area contributed by atoms with Gasteiger partial charge in [0.05, 0.1) is 16.9 Å². The van der Waals surface area contributed by atoms with Crippen molar-refractivity contribution in [3.8, 4) is 5.69 Å². The molecule has 0 saturated carbocycles. The number of para-hydroxylation sites is 1. The van der Waals surface area contributed by atoms with Crippen LogP contribution in [0.5, 0.6) is 0 Å². The molecule has 7 N–H and O–H groups in total. The minimum Gasteiger partial charge on any atom is -0.475 e. The number of carboxylic acid groups (broad SMARTS) is 1. The Labute approximate surface area is 453 Å². The Morgan fingerprint density at radius 2 is 1.27 bits per heavy atom. The highest BCUT2D eigenvalue weighted by Gasteiger charge is 2.39. The second kappa shape index (κ2) is 28.4. The van der Waals surface area contributed by atoms with E-state index in [9.17, 15) is 60.2 Å².